The van der Waals surface area contributed by atoms with Gasteiger partial charge in [0.1, 0.15) is 6.33 Å². The van der Waals surface area contributed by atoms with Crippen LogP contribution < -0.4 is 5.56 Å². The van der Waals surface area contributed by atoms with Gasteiger partial charge in [-0.1, -0.05) is 0 Å². The fourth-order valence-electron chi connectivity index (χ4n) is 1.37. The molecule has 0 aliphatic rings. The summed E-state index contributed by atoms with van der Waals surface area (Å²) in [4.78, 5) is 23.8. The van der Waals surface area contributed by atoms with Crippen molar-refractivity contribution >= 4 is 11.5 Å². The number of nitro groups is 1. The van der Waals surface area contributed by atoms with Crippen molar-refractivity contribution < 1.29 is 18.1 Å². The molecule has 0 N–H and O–H groups in total. The lowest BCUT2D eigenvalue weighted by Gasteiger charge is -2.05. The first kappa shape index (κ1) is 12.0. The Balaban J connectivity index is 3.00. The lowest BCUT2D eigenvalue weighted by molar-refractivity contribution is -0.390. The summed E-state index contributed by atoms with van der Waals surface area (Å²) in [5, 5.41) is 14.0. The topological polar surface area (TPSA) is 95.3 Å². The molecule has 18 heavy (non-hydrogen) atoms. The Bertz CT molecular complexity index is 701. The molecular weight excluding hydrogens is 259 g/mol. The van der Waals surface area contributed by atoms with E-state index in [0.717, 1.165) is 10.9 Å². The van der Waals surface area contributed by atoms with Gasteiger partial charge >= 0.3 is 17.4 Å². The van der Waals surface area contributed by atoms with E-state index in [2.05, 4.69) is 10.1 Å². The SMILES string of the molecule is Cn1cnn2c(=O)c([N+](=O)[O-])c(C(F)(F)F)nc12. The molecule has 0 aliphatic heterocycles. The van der Waals surface area contributed by atoms with E-state index < -0.39 is 33.8 Å². The lowest BCUT2D eigenvalue weighted by Crippen LogP contribution is -2.25. The van der Waals surface area contributed by atoms with E-state index in [-0.39, 0.29) is 0 Å². The first-order valence-electron chi connectivity index (χ1n) is 4.39. The third kappa shape index (κ3) is 1.59. The van der Waals surface area contributed by atoms with Gasteiger partial charge in [0.25, 0.3) is 0 Å². The number of fused-ring (bicyclic) bond motifs is 1. The molecule has 0 aromatic carbocycles. The fraction of sp³-hybridized carbons (Fsp3) is 0.286. The van der Waals surface area contributed by atoms with E-state index in [4.69, 9.17) is 0 Å². The zero-order chi connectivity index (χ0) is 13.7. The van der Waals surface area contributed by atoms with Gasteiger partial charge in [-0.05, 0) is 0 Å². The van der Waals surface area contributed by atoms with Crippen molar-refractivity contribution in [3.05, 3.63) is 32.5 Å². The van der Waals surface area contributed by atoms with Crippen LogP contribution in [0.2, 0.25) is 0 Å². The van der Waals surface area contributed by atoms with Crippen LogP contribution in [0.4, 0.5) is 18.9 Å². The smallest absolute Gasteiger partial charge is 0.303 e. The van der Waals surface area contributed by atoms with Crippen LogP contribution in [0.15, 0.2) is 11.1 Å². The molecule has 0 aliphatic carbocycles. The standard InChI is InChI=1S/C7H4F3N5O3/c1-13-2-11-14-5(16)3(15(17)18)4(7(8,9)10)12-6(13)14/h2H,1H3. The molecule has 0 fully saturated rings. The normalized spacial score (nSPS) is 12.0. The van der Waals surface area contributed by atoms with Gasteiger partial charge in [0.2, 0.25) is 11.5 Å². The lowest BCUT2D eigenvalue weighted by atomic mass is 10.3. The van der Waals surface area contributed by atoms with Gasteiger partial charge in [0.05, 0.1) is 4.92 Å². The summed E-state index contributed by atoms with van der Waals surface area (Å²) in [6.45, 7) is 0. The number of aryl methyl sites for hydroxylation is 1. The van der Waals surface area contributed by atoms with Crippen LogP contribution in [0.1, 0.15) is 5.69 Å². The summed E-state index contributed by atoms with van der Waals surface area (Å²) in [6, 6.07) is 0. The van der Waals surface area contributed by atoms with Crippen LogP contribution in [0.3, 0.4) is 0 Å². The average molecular weight is 263 g/mol. The number of rotatable bonds is 1. The monoisotopic (exact) mass is 263 g/mol. The second-order valence-electron chi connectivity index (χ2n) is 3.32. The van der Waals surface area contributed by atoms with Crippen molar-refractivity contribution in [2.75, 3.05) is 0 Å². The summed E-state index contributed by atoms with van der Waals surface area (Å²) >= 11 is 0. The maximum absolute atomic E-state index is 12.6. The maximum Gasteiger partial charge on any atom is 0.440 e. The van der Waals surface area contributed by atoms with Gasteiger partial charge in [0, 0.05) is 7.05 Å². The molecule has 0 saturated carbocycles. The van der Waals surface area contributed by atoms with E-state index in [1.807, 2.05) is 0 Å². The summed E-state index contributed by atoms with van der Waals surface area (Å²) in [7, 11) is 1.31. The largest absolute Gasteiger partial charge is 0.440 e. The summed E-state index contributed by atoms with van der Waals surface area (Å²) in [6.07, 6.45) is -4.08. The van der Waals surface area contributed by atoms with Gasteiger partial charge in [-0.25, -0.2) is 4.98 Å². The average Bonchev–Trinajstić information content (AvgIpc) is 2.59. The molecule has 2 heterocycles. The van der Waals surface area contributed by atoms with Gasteiger partial charge in [-0.3, -0.25) is 14.9 Å². The summed E-state index contributed by atoms with van der Waals surface area (Å²) < 4.78 is 39.3. The maximum atomic E-state index is 12.6. The van der Waals surface area contributed by atoms with Crippen molar-refractivity contribution in [1.82, 2.24) is 19.2 Å². The van der Waals surface area contributed by atoms with Crippen molar-refractivity contribution in [3.8, 4) is 0 Å². The number of halogens is 3. The van der Waals surface area contributed by atoms with Gasteiger partial charge in [-0.15, -0.1) is 0 Å². The van der Waals surface area contributed by atoms with E-state index in [0.29, 0.717) is 4.52 Å². The van der Waals surface area contributed by atoms with Crippen LogP contribution in [0, 0.1) is 10.1 Å². The Kier molecular flexibility index (Phi) is 2.34. The van der Waals surface area contributed by atoms with Crippen molar-refractivity contribution in [2.24, 2.45) is 7.05 Å². The highest BCUT2D eigenvalue weighted by molar-refractivity contribution is 5.42. The molecule has 0 saturated heterocycles. The number of hydrogen-bond donors (Lipinski definition) is 0. The van der Waals surface area contributed by atoms with Crippen molar-refractivity contribution in [1.29, 1.82) is 0 Å². The van der Waals surface area contributed by atoms with Crippen molar-refractivity contribution in [2.45, 2.75) is 6.18 Å². The van der Waals surface area contributed by atoms with Crippen LogP contribution >= 0.6 is 0 Å². The number of alkyl halides is 3. The zero-order valence-electron chi connectivity index (χ0n) is 8.67. The first-order valence-corrected chi connectivity index (χ1v) is 4.39. The highest BCUT2D eigenvalue weighted by Gasteiger charge is 2.43. The van der Waals surface area contributed by atoms with Crippen LogP contribution in [-0.4, -0.2) is 24.1 Å². The Morgan fingerprint density at radius 1 is 1.44 bits per heavy atom. The highest BCUT2D eigenvalue weighted by atomic mass is 19.4. The Hall–Kier alpha value is -2.46. The zero-order valence-corrected chi connectivity index (χ0v) is 8.67. The molecule has 96 valence electrons. The molecule has 8 nitrogen and oxygen atoms in total. The number of hydrogen-bond acceptors (Lipinski definition) is 5. The Morgan fingerprint density at radius 2 is 2.06 bits per heavy atom. The molecule has 11 heteroatoms. The minimum atomic E-state index is -5.10. The van der Waals surface area contributed by atoms with E-state index in [1.165, 1.54) is 7.05 Å². The third-order valence-corrected chi connectivity index (χ3v) is 2.13. The van der Waals surface area contributed by atoms with Crippen LogP contribution in [0.25, 0.3) is 5.78 Å². The molecule has 2 aromatic rings. The predicted molar refractivity (Wildman–Crippen MR) is 49.9 cm³/mol. The molecular formula is C7H4F3N5O3. The summed E-state index contributed by atoms with van der Waals surface area (Å²) in [5.74, 6) is -0.432. The van der Waals surface area contributed by atoms with E-state index in [1.54, 1.807) is 0 Å². The molecule has 0 atom stereocenters. The van der Waals surface area contributed by atoms with E-state index in [9.17, 15) is 28.1 Å². The number of nitrogens with zero attached hydrogens (tertiary/aromatic N) is 5. The molecule has 0 radical (unpaired) electrons. The quantitative estimate of drug-likeness (QED) is 0.546. The second kappa shape index (κ2) is 3.51. The molecule has 2 rings (SSSR count). The molecule has 0 bridgehead atoms. The fourth-order valence-corrected chi connectivity index (χ4v) is 1.37. The van der Waals surface area contributed by atoms with Gasteiger partial charge < -0.3 is 4.57 Å². The number of aromatic nitrogens is 4. The third-order valence-electron chi connectivity index (χ3n) is 2.13. The van der Waals surface area contributed by atoms with Crippen LogP contribution in [0.5, 0.6) is 0 Å². The van der Waals surface area contributed by atoms with Gasteiger partial charge in [0.15, 0.2) is 0 Å². The van der Waals surface area contributed by atoms with E-state index >= 15 is 0 Å². The van der Waals surface area contributed by atoms with Crippen molar-refractivity contribution in [3.63, 3.8) is 0 Å². The minimum Gasteiger partial charge on any atom is -0.303 e. The Labute approximate surface area is 95.4 Å². The molecule has 0 spiro atoms. The molecule has 0 amide bonds. The minimum absolute atomic E-state index is 0.432. The summed E-state index contributed by atoms with van der Waals surface area (Å²) in [5.41, 5.74) is -4.95. The second-order valence-corrected chi connectivity index (χ2v) is 3.32. The first-order chi connectivity index (χ1) is 8.23. The highest BCUT2D eigenvalue weighted by Crippen LogP contribution is 2.32. The van der Waals surface area contributed by atoms with Crippen LogP contribution in [-0.2, 0) is 13.2 Å². The Morgan fingerprint density at radius 3 is 2.56 bits per heavy atom. The van der Waals surface area contributed by atoms with Gasteiger partial charge in [-0.2, -0.15) is 22.8 Å². The molecule has 0 unspecified atom stereocenters. The predicted octanol–water partition coefficient (Wildman–Crippen LogP) is 0.355. The molecule has 2 aromatic heterocycles.